The first-order valence-corrected chi connectivity index (χ1v) is 12.5. The number of pyridine rings is 2. The van der Waals surface area contributed by atoms with Gasteiger partial charge in [-0.1, -0.05) is 23.2 Å². The van der Waals surface area contributed by atoms with Gasteiger partial charge >= 0.3 is 0 Å². The topological polar surface area (TPSA) is 130 Å². The van der Waals surface area contributed by atoms with E-state index in [2.05, 4.69) is 30.9 Å². The molecule has 196 valence electrons. The Morgan fingerprint density at radius 3 is 2.82 bits per heavy atom. The molecule has 6 rings (SSSR count). The minimum atomic E-state index is -0.675. The molecular formula is C25H18Cl2FN9O2. The largest absolute Gasteiger partial charge is 0.618 e. The quantitative estimate of drug-likeness (QED) is 0.192. The first kappa shape index (κ1) is 24.9. The lowest BCUT2D eigenvalue weighted by molar-refractivity contribution is -0.615. The van der Waals surface area contributed by atoms with Crippen molar-refractivity contribution in [2.24, 2.45) is 0 Å². The summed E-state index contributed by atoms with van der Waals surface area (Å²) in [7, 11) is 0. The number of halogens is 3. The summed E-state index contributed by atoms with van der Waals surface area (Å²) in [6.07, 6.45) is 7.30. The standard InChI is InChI=1S/C25H18Cl2FN9O2/c1-13(38)31-21-7-3-17(25(27)32-21)16-9-30-35(10-16)20-5-2-14-8-15(11-37(39)24(14)20)22-19(36-12-29-33-34-36)6-4-18(26)23(22)28/h3-4,6-12,20H,2,5H2,1H3,(H,31,32,38). The first-order chi connectivity index (χ1) is 18.8. The summed E-state index contributed by atoms with van der Waals surface area (Å²) in [5.74, 6) is -0.584. The second-order valence-corrected chi connectivity index (χ2v) is 9.72. The molecular weight excluding hydrogens is 548 g/mol. The Balaban J connectivity index is 1.35. The summed E-state index contributed by atoms with van der Waals surface area (Å²) < 4.78 is 19.0. The molecule has 1 N–H and O–H groups in total. The number of carbonyl (C=O) groups is 1. The molecule has 0 fully saturated rings. The number of hydrogen-bond acceptors (Lipinski definition) is 7. The summed E-state index contributed by atoms with van der Waals surface area (Å²) in [4.78, 5) is 15.5. The minimum Gasteiger partial charge on any atom is -0.618 e. The van der Waals surface area contributed by atoms with Gasteiger partial charge in [0.2, 0.25) is 11.6 Å². The van der Waals surface area contributed by atoms with Gasteiger partial charge in [0.15, 0.2) is 12.0 Å². The number of rotatable bonds is 5. The minimum absolute atomic E-state index is 0.0834. The Morgan fingerprint density at radius 1 is 1.23 bits per heavy atom. The number of carbonyl (C=O) groups excluding carboxylic acids is 1. The first-order valence-electron chi connectivity index (χ1n) is 11.8. The van der Waals surface area contributed by atoms with Crippen molar-refractivity contribution >= 4 is 34.9 Å². The van der Waals surface area contributed by atoms with Crippen LogP contribution in [0.25, 0.3) is 27.9 Å². The van der Waals surface area contributed by atoms with E-state index in [0.717, 1.165) is 10.3 Å². The van der Waals surface area contributed by atoms with Crippen LogP contribution in [0.1, 0.15) is 30.6 Å². The third-order valence-electron chi connectivity index (χ3n) is 6.50. The number of tetrazole rings is 1. The maximum atomic E-state index is 15.3. The normalized spacial score (nSPS) is 14.4. The summed E-state index contributed by atoms with van der Waals surface area (Å²) in [5.41, 5.74) is 3.45. The van der Waals surface area contributed by atoms with Gasteiger partial charge < -0.3 is 10.5 Å². The smallest absolute Gasteiger partial charge is 0.222 e. The molecule has 1 unspecified atom stereocenters. The summed E-state index contributed by atoms with van der Waals surface area (Å²) in [5, 5.41) is 31.6. The highest BCUT2D eigenvalue weighted by Crippen LogP contribution is 2.38. The third kappa shape index (κ3) is 4.47. The van der Waals surface area contributed by atoms with Crippen molar-refractivity contribution in [1.29, 1.82) is 0 Å². The van der Waals surface area contributed by atoms with Crippen LogP contribution in [0, 0.1) is 11.0 Å². The molecule has 0 bridgehead atoms. The molecule has 4 heterocycles. The number of nitrogens with zero attached hydrogens (tertiary/aromatic N) is 8. The van der Waals surface area contributed by atoms with Crippen molar-refractivity contribution in [3.8, 4) is 27.9 Å². The fourth-order valence-corrected chi connectivity index (χ4v) is 5.27. The maximum Gasteiger partial charge on any atom is 0.222 e. The number of aromatic nitrogens is 8. The van der Waals surface area contributed by atoms with Gasteiger partial charge in [-0.15, -0.1) is 5.10 Å². The SMILES string of the molecule is CC(=O)Nc1ccc(-c2cnn(C3CCc4cc(-c5c(-n6cnnn6)ccc(Cl)c5F)c[n+]([O-])c43)c2)c(Cl)n1. The zero-order valence-corrected chi connectivity index (χ0v) is 21.7. The lowest BCUT2D eigenvalue weighted by Crippen LogP contribution is -2.34. The molecule has 4 aromatic heterocycles. The fraction of sp³-hybridized carbons (Fsp3) is 0.160. The van der Waals surface area contributed by atoms with E-state index in [1.165, 1.54) is 30.2 Å². The van der Waals surface area contributed by atoms with E-state index in [0.29, 0.717) is 46.7 Å². The average Bonchev–Trinajstić information content (AvgIpc) is 3.66. The van der Waals surface area contributed by atoms with E-state index in [-0.39, 0.29) is 27.7 Å². The number of nitrogens with one attached hydrogen (secondary N) is 1. The number of fused-ring (bicyclic) bond motifs is 1. The van der Waals surface area contributed by atoms with E-state index in [1.54, 1.807) is 41.3 Å². The lowest BCUT2D eigenvalue weighted by atomic mass is 10.0. The number of aryl methyl sites for hydroxylation is 1. The number of benzene rings is 1. The van der Waals surface area contributed by atoms with Gasteiger partial charge in [-0.3, -0.25) is 9.48 Å². The van der Waals surface area contributed by atoms with Crippen molar-refractivity contribution in [2.75, 3.05) is 5.32 Å². The van der Waals surface area contributed by atoms with Crippen LogP contribution in [0.2, 0.25) is 10.2 Å². The van der Waals surface area contributed by atoms with Gasteiger partial charge in [0.1, 0.15) is 23.3 Å². The van der Waals surface area contributed by atoms with E-state index in [9.17, 15) is 10.0 Å². The molecule has 0 saturated carbocycles. The van der Waals surface area contributed by atoms with Crippen LogP contribution >= 0.6 is 23.2 Å². The molecule has 1 aliphatic carbocycles. The third-order valence-corrected chi connectivity index (χ3v) is 7.08. The molecule has 1 atom stereocenters. The van der Waals surface area contributed by atoms with Crippen molar-refractivity contribution in [3.05, 3.63) is 87.7 Å². The van der Waals surface area contributed by atoms with Gasteiger partial charge in [0, 0.05) is 29.8 Å². The molecule has 1 aromatic carbocycles. The number of amides is 1. The highest BCUT2D eigenvalue weighted by Gasteiger charge is 2.34. The van der Waals surface area contributed by atoms with Crippen LogP contribution in [0.4, 0.5) is 10.2 Å². The molecule has 1 aliphatic rings. The number of hydrogen-bond donors (Lipinski definition) is 1. The van der Waals surface area contributed by atoms with Crippen molar-refractivity contribution in [1.82, 2.24) is 35.0 Å². The Kier molecular flexibility index (Phi) is 6.20. The Morgan fingerprint density at radius 2 is 2.08 bits per heavy atom. The van der Waals surface area contributed by atoms with Gasteiger partial charge in [0.05, 0.1) is 28.0 Å². The zero-order chi connectivity index (χ0) is 27.3. The average molecular weight is 566 g/mol. The highest BCUT2D eigenvalue weighted by atomic mass is 35.5. The van der Waals surface area contributed by atoms with E-state index < -0.39 is 5.82 Å². The molecule has 1 amide bonds. The van der Waals surface area contributed by atoms with Crippen LogP contribution in [0.5, 0.6) is 0 Å². The molecule has 39 heavy (non-hydrogen) atoms. The van der Waals surface area contributed by atoms with Crippen molar-refractivity contribution < 1.29 is 13.9 Å². The van der Waals surface area contributed by atoms with Gasteiger partial charge in [0.25, 0.3) is 0 Å². The Bertz CT molecular complexity index is 1740. The van der Waals surface area contributed by atoms with Gasteiger partial charge in [-0.05, 0) is 53.6 Å². The Labute approximate surface area is 230 Å². The second-order valence-electron chi connectivity index (χ2n) is 8.95. The number of anilines is 1. The molecule has 0 aliphatic heterocycles. The van der Waals surface area contributed by atoms with Crippen LogP contribution in [-0.2, 0) is 11.2 Å². The highest BCUT2D eigenvalue weighted by molar-refractivity contribution is 6.32. The molecule has 0 radical (unpaired) electrons. The van der Waals surface area contributed by atoms with E-state index in [1.807, 2.05) is 0 Å². The monoisotopic (exact) mass is 565 g/mol. The summed E-state index contributed by atoms with van der Waals surface area (Å²) >= 11 is 12.5. The van der Waals surface area contributed by atoms with Crippen LogP contribution in [0.3, 0.4) is 0 Å². The maximum absolute atomic E-state index is 15.3. The Hall–Kier alpha value is -4.42. The fourth-order valence-electron chi connectivity index (χ4n) is 4.85. The van der Waals surface area contributed by atoms with Crippen molar-refractivity contribution in [3.63, 3.8) is 0 Å². The molecule has 0 spiro atoms. The molecule has 0 saturated heterocycles. The lowest BCUT2D eigenvalue weighted by Gasteiger charge is -2.15. The van der Waals surface area contributed by atoms with Crippen LogP contribution in [-0.4, -0.2) is 40.9 Å². The predicted octanol–water partition coefficient (Wildman–Crippen LogP) is 4.16. The van der Waals surface area contributed by atoms with E-state index >= 15 is 4.39 Å². The zero-order valence-electron chi connectivity index (χ0n) is 20.2. The van der Waals surface area contributed by atoms with Gasteiger partial charge in [-0.2, -0.15) is 14.5 Å². The molecule has 11 nitrogen and oxygen atoms in total. The van der Waals surface area contributed by atoms with Gasteiger partial charge in [-0.25, -0.2) is 9.37 Å². The molecule has 14 heteroatoms. The van der Waals surface area contributed by atoms with E-state index in [4.69, 9.17) is 23.2 Å². The summed E-state index contributed by atoms with van der Waals surface area (Å²) in [6.45, 7) is 1.39. The van der Waals surface area contributed by atoms with Crippen LogP contribution in [0.15, 0.2) is 55.2 Å². The second kappa shape index (κ2) is 9.71. The van der Waals surface area contributed by atoms with Crippen LogP contribution < -0.4 is 10.0 Å². The summed E-state index contributed by atoms with van der Waals surface area (Å²) in [6, 6.07) is 7.85. The predicted molar refractivity (Wildman–Crippen MR) is 140 cm³/mol. The molecule has 5 aromatic rings. The van der Waals surface area contributed by atoms with Crippen molar-refractivity contribution in [2.45, 2.75) is 25.8 Å².